The van der Waals surface area contributed by atoms with Crippen LogP contribution in [0.1, 0.15) is 64.0 Å². The molecule has 0 saturated heterocycles. The van der Waals surface area contributed by atoms with Crippen molar-refractivity contribution in [3.8, 4) is 5.75 Å². The van der Waals surface area contributed by atoms with Crippen LogP contribution >= 0.6 is 0 Å². The smallest absolute Gasteiger partial charge is 0.253 e. The number of nitrogens with zero attached hydrogens (tertiary/aromatic N) is 5. The van der Waals surface area contributed by atoms with Gasteiger partial charge < -0.3 is 9.72 Å². The van der Waals surface area contributed by atoms with Crippen molar-refractivity contribution >= 4 is 10.9 Å². The largest absolute Gasteiger partial charge is 0.494 e. The number of hydrogen-bond acceptors (Lipinski definition) is 6. The van der Waals surface area contributed by atoms with Crippen LogP contribution in [-0.2, 0) is 12.1 Å². The average Bonchev–Trinajstić information content (AvgIpc) is 3.35. The summed E-state index contributed by atoms with van der Waals surface area (Å²) in [5.74, 6) is 1.42. The molecule has 4 aromatic rings. The van der Waals surface area contributed by atoms with E-state index in [1.807, 2.05) is 54.1 Å². The summed E-state index contributed by atoms with van der Waals surface area (Å²) in [5, 5.41) is 13.8. The van der Waals surface area contributed by atoms with E-state index in [4.69, 9.17) is 4.74 Å². The number of aromatic amines is 1. The summed E-state index contributed by atoms with van der Waals surface area (Å²) in [5.41, 5.74) is 2.06. The summed E-state index contributed by atoms with van der Waals surface area (Å²) in [6.07, 6.45) is 0.842. The molecule has 0 aliphatic heterocycles. The Hall–Kier alpha value is -3.52. The van der Waals surface area contributed by atoms with Crippen LogP contribution in [0.15, 0.2) is 59.4 Å². The van der Waals surface area contributed by atoms with Crippen molar-refractivity contribution in [3.05, 3.63) is 81.9 Å². The summed E-state index contributed by atoms with van der Waals surface area (Å²) in [4.78, 5) is 18.8. The molecule has 35 heavy (non-hydrogen) atoms. The minimum atomic E-state index is -0.440. The lowest BCUT2D eigenvalue weighted by Crippen LogP contribution is -2.38. The molecule has 1 N–H and O–H groups in total. The maximum Gasteiger partial charge on any atom is 0.253 e. The fourth-order valence-electron chi connectivity index (χ4n) is 4.31. The molecule has 8 nitrogen and oxygen atoms in total. The van der Waals surface area contributed by atoms with E-state index in [0.717, 1.165) is 28.6 Å². The predicted octanol–water partition coefficient (Wildman–Crippen LogP) is 4.67. The van der Waals surface area contributed by atoms with Crippen LogP contribution in [0.2, 0.25) is 0 Å². The lowest BCUT2D eigenvalue weighted by atomic mass is 9.99. The van der Waals surface area contributed by atoms with Crippen molar-refractivity contribution in [1.29, 1.82) is 0 Å². The van der Waals surface area contributed by atoms with Crippen LogP contribution in [0, 0.1) is 0 Å². The molecule has 0 aliphatic carbocycles. The van der Waals surface area contributed by atoms with E-state index < -0.39 is 6.04 Å². The fraction of sp³-hybridized carbons (Fsp3) is 0.407. The van der Waals surface area contributed by atoms with Gasteiger partial charge in [0.05, 0.1) is 12.1 Å². The maximum absolute atomic E-state index is 13.5. The molecule has 8 heteroatoms. The Morgan fingerprint density at radius 2 is 1.86 bits per heavy atom. The quantitative estimate of drug-likeness (QED) is 0.359. The molecule has 0 amide bonds. The summed E-state index contributed by atoms with van der Waals surface area (Å²) in [6, 6.07) is 17.5. The van der Waals surface area contributed by atoms with Gasteiger partial charge in [0.2, 0.25) is 0 Å². The van der Waals surface area contributed by atoms with Gasteiger partial charge in [-0.25, -0.2) is 4.68 Å². The number of pyridine rings is 1. The van der Waals surface area contributed by atoms with Crippen molar-refractivity contribution in [3.63, 3.8) is 0 Å². The second-order valence-electron chi connectivity index (χ2n) is 9.30. The second kappa shape index (κ2) is 10.4. The van der Waals surface area contributed by atoms with Gasteiger partial charge in [0.25, 0.3) is 5.56 Å². The number of nitrogens with one attached hydrogen (secondary N) is 1. The average molecular weight is 475 g/mol. The van der Waals surface area contributed by atoms with E-state index in [1.165, 1.54) is 0 Å². The first-order chi connectivity index (χ1) is 16.9. The van der Waals surface area contributed by atoms with Crippen LogP contribution in [0.3, 0.4) is 0 Å². The van der Waals surface area contributed by atoms with E-state index in [1.54, 1.807) is 0 Å². The van der Waals surface area contributed by atoms with E-state index in [9.17, 15) is 4.79 Å². The van der Waals surface area contributed by atoms with Crippen LogP contribution < -0.4 is 10.3 Å². The van der Waals surface area contributed by atoms with E-state index in [-0.39, 0.29) is 11.1 Å². The monoisotopic (exact) mass is 474 g/mol. The third-order valence-corrected chi connectivity index (χ3v) is 6.63. The van der Waals surface area contributed by atoms with Gasteiger partial charge in [0, 0.05) is 23.0 Å². The Bertz CT molecular complexity index is 1330. The van der Waals surface area contributed by atoms with E-state index in [0.29, 0.717) is 31.1 Å². The minimum Gasteiger partial charge on any atom is -0.494 e. The first-order valence-corrected chi connectivity index (χ1v) is 12.2. The SMILES string of the molecule is CCOc1ccc2[nH]c(=O)c([C@H](c3nnnn3C(C)(C)CC)N(CC)Cc3ccccc3)cc2c1. The molecule has 0 fully saturated rings. The molecular formula is C27H34N6O2. The van der Waals surface area contributed by atoms with Gasteiger partial charge >= 0.3 is 0 Å². The lowest BCUT2D eigenvalue weighted by molar-refractivity contribution is 0.197. The number of rotatable bonds is 10. The Morgan fingerprint density at radius 1 is 1.09 bits per heavy atom. The molecule has 0 unspecified atom stereocenters. The molecule has 2 heterocycles. The number of hydrogen-bond donors (Lipinski definition) is 1. The van der Waals surface area contributed by atoms with Crippen molar-refractivity contribution in [1.82, 2.24) is 30.1 Å². The summed E-state index contributed by atoms with van der Waals surface area (Å²) < 4.78 is 7.57. The molecule has 2 aromatic carbocycles. The van der Waals surface area contributed by atoms with Crippen molar-refractivity contribution in [2.75, 3.05) is 13.2 Å². The maximum atomic E-state index is 13.5. The number of tetrazole rings is 1. The Kier molecular flexibility index (Phi) is 7.31. The molecule has 184 valence electrons. The second-order valence-corrected chi connectivity index (χ2v) is 9.30. The molecule has 0 saturated carbocycles. The van der Waals surface area contributed by atoms with Crippen molar-refractivity contribution in [2.24, 2.45) is 0 Å². The van der Waals surface area contributed by atoms with Gasteiger partial charge in [-0.3, -0.25) is 9.69 Å². The molecule has 0 spiro atoms. The molecule has 2 aromatic heterocycles. The highest BCUT2D eigenvalue weighted by Gasteiger charge is 2.33. The third-order valence-electron chi connectivity index (χ3n) is 6.63. The van der Waals surface area contributed by atoms with Gasteiger partial charge in [-0.15, -0.1) is 5.10 Å². The zero-order valence-electron chi connectivity index (χ0n) is 21.2. The zero-order valence-corrected chi connectivity index (χ0v) is 21.2. The van der Waals surface area contributed by atoms with Crippen LogP contribution in [-0.4, -0.2) is 43.2 Å². The Morgan fingerprint density at radius 3 is 2.54 bits per heavy atom. The van der Waals surface area contributed by atoms with Gasteiger partial charge in [-0.1, -0.05) is 44.2 Å². The first kappa shape index (κ1) is 24.6. The summed E-state index contributed by atoms with van der Waals surface area (Å²) >= 11 is 0. The molecule has 0 bridgehead atoms. The highest BCUT2D eigenvalue weighted by molar-refractivity contribution is 5.80. The number of benzene rings is 2. The Labute approximate surface area is 205 Å². The van der Waals surface area contributed by atoms with Crippen molar-refractivity contribution in [2.45, 2.75) is 59.2 Å². The minimum absolute atomic E-state index is 0.151. The number of ether oxygens (including phenoxy) is 1. The topological polar surface area (TPSA) is 88.9 Å². The molecule has 4 rings (SSSR count). The van der Waals surface area contributed by atoms with Gasteiger partial charge in [0.1, 0.15) is 11.8 Å². The van der Waals surface area contributed by atoms with Gasteiger partial charge in [-0.2, -0.15) is 0 Å². The summed E-state index contributed by atoms with van der Waals surface area (Å²) in [6.45, 7) is 12.3. The van der Waals surface area contributed by atoms with Crippen LogP contribution in [0.4, 0.5) is 0 Å². The highest BCUT2D eigenvalue weighted by atomic mass is 16.5. The van der Waals surface area contributed by atoms with Crippen LogP contribution in [0.25, 0.3) is 10.9 Å². The third kappa shape index (κ3) is 5.12. The van der Waals surface area contributed by atoms with Crippen LogP contribution in [0.5, 0.6) is 5.75 Å². The molecule has 0 aliphatic rings. The predicted molar refractivity (Wildman–Crippen MR) is 138 cm³/mol. The molecule has 0 radical (unpaired) electrons. The Balaban J connectivity index is 1.91. The normalized spacial score (nSPS) is 12.9. The number of aromatic nitrogens is 5. The summed E-state index contributed by atoms with van der Waals surface area (Å²) in [7, 11) is 0. The fourth-order valence-corrected chi connectivity index (χ4v) is 4.31. The van der Waals surface area contributed by atoms with Gasteiger partial charge in [-0.05, 0) is 74.0 Å². The number of H-pyrrole nitrogens is 1. The molecular weight excluding hydrogens is 440 g/mol. The van der Waals surface area contributed by atoms with Gasteiger partial charge in [0.15, 0.2) is 5.82 Å². The molecule has 1 atom stereocenters. The first-order valence-electron chi connectivity index (χ1n) is 12.2. The lowest BCUT2D eigenvalue weighted by Gasteiger charge is -2.33. The number of fused-ring (bicyclic) bond motifs is 1. The van der Waals surface area contributed by atoms with Crippen molar-refractivity contribution < 1.29 is 4.74 Å². The van der Waals surface area contributed by atoms with E-state index in [2.05, 4.69) is 65.2 Å². The highest BCUT2D eigenvalue weighted by Crippen LogP contribution is 2.32. The zero-order chi connectivity index (χ0) is 25.0. The van der Waals surface area contributed by atoms with E-state index >= 15 is 0 Å². The standard InChI is InChI=1S/C27H34N6O2/c1-6-27(4,5)33-25(29-30-31-33)24(32(7-2)18-19-12-10-9-11-13-19)22-17-20-16-21(35-8-3)14-15-23(20)28-26(22)34/h9-17,24H,6-8,18H2,1-5H3,(H,28,34)/t24-/m1/s1.